The zero-order valence-corrected chi connectivity index (χ0v) is 11.2. The molecular formula is C15H12ClFO3. The molecule has 0 unspecified atom stereocenters. The van der Waals surface area contributed by atoms with Crippen LogP contribution in [0.15, 0.2) is 48.5 Å². The average Bonchev–Trinajstić information content (AvgIpc) is 2.42. The van der Waals surface area contributed by atoms with Gasteiger partial charge < -0.3 is 9.84 Å². The fourth-order valence-electron chi connectivity index (χ4n) is 1.71. The zero-order valence-electron chi connectivity index (χ0n) is 10.4. The van der Waals surface area contributed by atoms with Gasteiger partial charge in [-0.3, -0.25) is 0 Å². The van der Waals surface area contributed by atoms with Crippen molar-refractivity contribution in [3.05, 3.63) is 64.9 Å². The van der Waals surface area contributed by atoms with Gasteiger partial charge in [0, 0.05) is 6.42 Å². The molecule has 0 bridgehead atoms. The van der Waals surface area contributed by atoms with Gasteiger partial charge in [0.1, 0.15) is 11.6 Å². The van der Waals surface area contributed by atoms with Crippen molar-refractivity contribution < 1.29 is 19.0 Å². The maximum absolute atomic E-state index is 12.8. The lowest BCUT2D eigenvalue weighted by Crippen LogP contribution is -2.29. The molecule has 0 saturated heterocycles. The van der Waals surface area contributed by atoms with E-state index in [-0.39, 0.29) is 12.2 Å². The number of halogens is 2. The highest BCUT2D eigenvalue weighted by Gasteiger charge is 2.21. The summed E-state index contributed by atoms with van der Waals surface area (Å²) in [6, 6.07) is 12.3. The van der Waals surface area contributed by atoms with Gasteiger partial charge in [-0.05, 0) is 29.8 Å². The van der Waals surface area contributed by atoms with E-state index >= 15 is 0 Å². The number of carbonyl (C=O) groups is 1. The average molecular weight is 295 g/mol. The topological polar surface area (TPSA) is 46.5 Å². The van der Waals surface area contributed by atoms with Crippen molar-refractivity contribution in [2.75, 3.05) is 0 Å². The zero-order chi connectivity index (χ0) is 14.5. The highest BCUT2D eigenvalue weighted by atomic mass is 35.5. The van der Waals surface area contributed by atoms with E-state index in [1.807, 2.05) is 0 Å². The normalized spacial score (nSPS) is 11.9. The first-order valence-electron chi connectivity index (χ1n) is 5.94. The fraction of sp³-hybridized carbons (Fsp3) is 0.133. The summed E-state index contributed by atoms with van der Waals surface area (Å²) in [6.07, 6.45) is -0.957. The molecule has 1 atom stereocenters. The van der Waals surface area contributed by atoms with Crippen LogP contribution < -0.4 is 4.74 Å². The van der Waals surface area contributed by atoms with Crippen LogP contribution in [0.4, 0.5) is 4.39 Å². The second kappa shape index (κ2) is 6.39. The molecule has 0 aliphatic carbocycles. The summed E-state index contributed by atoms with van der Waals surface area (Å²) in [5, 5.41) is 9.54. The van der Waals surface area contributed by atoms with Gasteiger partial charge in [0.05, 0.1) is 5.02 Å². The number of carboxylic acid groups (broad SMARTS) is 1. The highest BCUT2D eigenvalue weighted by molar-refractivity contribution is 6.32. The quantitative estimate of drug-likeness (QED) is 0.917. The molecule has 2 rings (SSSR count). The molecule has 2 aromatic carbocycles. The summed E-state index contributed by atoms with van der Waals surface area (Å²) in [5.41, 5.74) is 0.672. The molecule has 0 radical (unpaired) electrons. The molecule has 0 spiro atoms. The summed E-state index contributed by atoms with van der Waals surface area (Å²) in [5.74, 6) is -1.16. The van der Waals surface area contributed by atoms with Crippen LogP contribution in [0.2, 0.25) is 5.02 Å². The molecule has 0 aliphatic heterocycles. The molecule has 0 amide bonds. The second-order valence-electron chi connectivity index (χ2n) is 4.21. The van der Waals surface area contributed by atoms with Crippen molar-refractivity contribution in [1.82, 2.24) is 0 Å². The molecule has 3 nitrogen and oxygen atoms in total. The van der Waals surface area contributed by atoms with Gasteiger partial charge in [-0.25, -0.2) is 9.18 Å². The number of hydrogen-bond acceptors (Lipinski definition) is 2. The number of aliphatic carboxylic acids is 1. The van der Waals surface area contributed by atoms with Crippen molar-refractivity contribution in [2.24, 2.45) is 0 Å². The maximum Gasteiger partial charge on any atom is 0.345 e. The van der Waals surface area contributed by atoms with E-state index in [0.717, 1.165) is 0 Å². The van der Waals surface area contributed by atoms with E-state index in [1.54, 1.807) is 24.3 Å². The number of rotatable bonds is 5. The molecule has 0 aromatic heterocycles. The molecule has 0 heterocycles. The van der Waals surface area contributed by atoms with E-state index < -0.39 is 12.1 Å². The minimum atomic E-state index is -1.10. The molecule has 5 heteroatoms. The standard InChI is InChI=1S/C15H12ClFO3/c16-12-3-1-2-4-13(12)20-14(15(18)19)9-10-5-7-11(17)8-6-10/h1-8,14H,9H2,(H,18,19)/t14-/m1/s1. The van der Waals surface area contributed by atoms with Gasteiger partial charge in [0.25, 0.3) is 0 Å². The minimum absolute atomic E-state index is 0.126. The van der Waals surface area contributed by atoms with Crippen LogP contribution >= 0.6 is 11.6 Å². The predicted molar refractivity (Wildman–Crippen MR) is 73.6 cm³/mol. The van der Waals surface area contributed by atoms with Crippen LogP contribution in [0.5, 0.6) is 5.75 Å². The third-order valence-corrected chi connectivity index (χ3v) is 3.03. The Morgan fingerprint density at radius 3 is 2.45 bits per heavy atom. The highest BCUT2D eigenvalue weighted by Crippen LogP contribution is 2.25. The van der Waals surface area contributed by atoms with E-state index in [9.17, 15) is 14.3 Å². The summed E-state index contributed by atoms with van der Waals surface area (Å²) >= 11 is 5.93. The van der Waals surface area contributed by atoms with Crippen molar-refractivity contribution in [3.63, 3.8) is 0 Å². The lowest BCUT2D eigenvalue weighted by molar-refractivity contribution is -0.145. The lowest BCUT2D eigenvalue weighted by Gasteiger charge is -2.16. The van der Waals surface area contributed by atoms with Gasteiger partial charge in [-0.1, -0.05) is 35.9 Å². The minimum Gasteiger partial charge on any atom is -0.478 e. The summed E-state index contributed by atoms with van der Waals surface area (Å²) < 4.78 is 18.2. The van der Waals surface area contributed by atoms with Crippen molar-refractivity contribution in [3.8, 4) is 5.75 Å². The Labute approximate surface area is 120 Å². The first-order valence-corrected chi connectivity index (χ1v) is 6.32. The largest absolute Gasteiger partial charge is 0.478 e. The summed E-state index contributed by atoms with van der Waals surface area (Å²) in [6.45, 7) is 0. The van der Waals surface area contributed by atoms with Gasteiger partial charge in [0.15, 0.2) is 6.10 Å². The molecule has 1 N–H and O–H groups in total. The van der Waals surface area contributed by atoms with Crippen molar-refractivity contribution >= 4 is 17.6 Å². The second-order valence-corrected chi connectivity index (χ2v) is 4.61. The third kappa shape index (κ3) is 3.71. The first-order chi connectivity index (χ1) is 9.56. The Balaban J connectivity index is 2.14. The smallest absolute Gasteiger partial charge is 0.345 e. The molecule has 20 heavy (non-hydrogen) atoms. The van der Waals surface area contributed by atoms with E-state index in [0.29, 0.717) is 16.3 Å². The molecule has 0 fully saturated rings. The van der Waals surface area contributed by atoms with Gasteiger partial charge in [-0.2, -0.15) is 0 Å². The molecular weight excluding hydrogens is 283 g/mol. The van der Waals surface area contributed by atoms with Crippen LogP contribution in [0.1, 0.15) is 5.56 Å². The monoisotopic (exact) mass is 294 g/mol. The molecule has 0 aliphatic rings. The number of ether oxygens (including phenoxy) is 1. The van der Waals surface area contributed by atoms with Crippen LogP contribution in [0.25, 0.3) is 0 Å². The molecule has 0 saturated carbocycles. The lowest BCUT2D eigenvalue weighted by atomic mass is 10.1. The summed E-state index contributed by atoms with van der Waals surface area (Å²) in [7, 11) is 0. The fourth-order valence-corrected chi connectivity index (χ4v) is 1.89. The SMILES string of the molecule is O=C(O)[C@@H](Cc1ccc(F)cc1)Oc1ccccc1Cl. The molecule has 104 valence electrons. The Hall–Kier alpha value is -2.07. The van der Waals surface area contributed by atoms with Crippen LogP contribution in [-0.4, -0.2) is 17.2 Å². The van der Waals surface area contributed by atoms with Crippen LogP contribution in [0, 0.1) is 5.82 Å². The Kier molecular flexibility index (Phi) is 4.58. The third-order valence-electron chi connectivity index (χ3n) is 2.72. The number of carboxylic acids is 1. The first kappa shape index (κ1) is 14.3. The van der Waals surface area contributed by atoms with Gasteiger partial charge in [-0.15, -0.1) is 0 Å². The predicted octanol–water partition coefficient (Wildman–Crippen LogP) is 3.55. The summed E-state index contributed by atoms with van der Waals surface area (Å²) in [4.78, 5) is 11.2. The van der Waals surface area contributed by atoms with Crippen LogP contribution in [-0.2, 0) is 11.2 Å². The maximum atomic E-state index is 12.8. The van der Waals surface area contributed by atoms with Crippen molar-refractivity contribution in [2.45, 2.75) is 12.5 Å². The Bertz CT molecular complexity index is 598. The number of para-hydroxylation sites is 1. The number of benzene rings is 2. The Morgan fingerprint density at radius 1 is 1.20 bits per heavy atom. The van der Waals surface area contributed by atoms with E-state index in [1.165, 1.54) is 24.3 Å². The molecule has 2 aromatic rings. The van der Waals surface area contributed by atoms with E-state index in [4.69, 9.17) is 16.3 Å². The van der Waals surface area contributed by atoms with Gasteiger partial charge >= 0.3 is 5.97 Å². The van der Waals surface area contributed by atoms with Gasteiger partial charge in [0.2, 0.25) is 0 Å². The number of hydrogen-bond donors (Lipinski definition) is 1. The van der Waals surface area contributed by atoms with E-state index in [2.05, 4.69) is 0 Å². The van der Waals surface area contributed by atoms with Crippen LogP contribution in [0.3, 0.4) is 0 Å². The Morgan fingerprint density at radius 2 is 1.85 bits per heavy atom. The van der Waals surface area contributed by atoms with Crippen molar-refractivity contribution in [1.29, 1.82) is 0 Å².